The Balaban J connectivity index is 1.81. The number of alkyl halides is 3. The first-order valence-corrected chi connectivity index (χ1v) is 9.57. The Morgan fingerprint density at radius 1 is 1.29 bits per heavy atom. The van der Waals surface area contributed by atoms with Crippen LogP contribution in [0.3, 0.4) is 0 Å². The van der Waals surface area contributed by atoms with Crippen LogP contribution in [0.5, 0.6) is 0 Å². The summed E-state index contributed by atoms with van der Waals surface area (Å²) in [5.41, 5.74) is -0.666. The van der Waals surface area contributed by atoms with Gasteiger partial charge in [-0.3, -0.25) is 4.90 Å². The molecule has 2 rings (SSSR count). The minimum absolute atomic E-state index is 0.666. The maximum Gasteiger partial charge on any atom is 0.419 e. The molecule has 0 bridgehead atoms. The zero-order chi connectivity index (χ0) is 17.6. The van der Waals surface area contributed by atoms with Crippen molar-refractivity contribution in [3.63, 3.8) is 0 Å². The number of thioether (sulfide) groups is 1. The number of piperazine rings is 1. The maximum atomic E-state index is 12.6. The van der Waals surface area contributed by atoms with E-state index in [2.05, 4.69) is 21.5 Å². The Hall–Kier alpha value is -1.22. The van der Waals surface area contributed by atoms with E-state index in [1.54, 1.807) is 0 Å². The monoisotopic (exact) mass is 379 g/mol. The number of halogens is 3. The van der Waals surface area contributed by atoms with Gasteiger partial charge in [-0.05, 0) is 36.7 Å². The van der Waals surface area contributed by atoms with E-state index in [1.165, 1.54) is 6.07 Å². The van der Waals surface area contributed by atoms with Crippen molar-refractivity contribution >= 4 is 34.9 Å². The van der Waals surface area contributed by atoms with Crippen LogP contribution < -0.4 is 15.2 Å². The van der Waals surface area contributed by atoms with Crippen molar-refractivity contribution in [2.75, 3.05) is 49.6 Å². The molecular weight excluding hydrogens is 357 g/mol. The lowest BCUT2D eigenvalue weighted by Crippen LogP contribution is -2.52. The summed E-state index contributed by atoms with van der Waals surface area (Å²) in [6, 6.07) is 2.59. The molecule has 24 heavy (non-hydrogen) atoms. The molecule has 1 aromatic heterocycles. The largest absolute Gasteiger partial charge is 0.419 e. The lowest BCUT2D eigenvalue weighted by Gasteiger charge is -2.32. The Kier molecular flexibility index (Phi) is 6.97. The average molecular weight is 379 g/mol. The smallest absolute Gasteiger partial charge is 0.363 e. The zero-order valence-corrected chi connectivity index (χ0v) is 15.2. The van der Waals surface area contributed by atoms with E-state index in [4.69, 9.17) is 12.2 Å². The Labute approximate surface area is 149 Å². The number of nitrogens with one attached hydrogen (secondary N) is 2. The zero-order valence-electron chi connectivity index (χ0n) is 13.5. The molecule has 2 N–H and O–H groups in total. The molecule has 0 unspecified atom stereocenters. The molecule has 0 radical (unpaired) electrons. The quantitative estimate of drug-likeness (QED) is 0.627. The van der Waals surface area contributed by atoms with Crippen LogP contribution in [0.1, 0.15) is 12.0 Å². The van der Waals surface area contributed by atoms with Crippen LogP contribution in [0.2, 0.25) is 0 Å². The van der Waals surface area contributed by atoms with Gasteiger partial charge < -0.3 is 10.2 Å². The second-order valence-electron chi connectivity index (χ2n) is 5.51. The fourth-order valence-electron chi connectivity index (χ4n) is 2.46. The number of anilines is 1. The first-order valence-electron chi connectivity index (χ1n) is 7.77. The molecule has 4 nitrogen and oxygen atoms in total. The standard InChI is InChI=1S/C15H21F3N4S2/c1-24-10-2-5-19-14(23)22-8-6-21(7-9-22)13-4-3-12(11-20-13)15(16,17)18/h3-4,11H,2,5-10H2,1H3,(H,19,23)/p+1. The van der Waals surface area contributed by atoms with Crippen molar-refractivity contribution in [2.24, 2.45) is 0 Å². The number of pyridine rings is 1. The molecule has 9 heteroatoms. The van der Waals surface area contributed by atoms with Crippen LogP contribution >= 0.6 is 24.0 Å². The summed E-state index contributed by atoms with van der Waals surface area (Å²) in [6.45, 7) is 3.81. The van der Waals surface area contributed by atoms with Crippen molar-refractivity contribution in [2.45, 2.75) is 12.6 Å². The van der Waals surface area contributed by atoms with E-state index in [0.717, 1.165) is 49.2 Å². The van der Waals surface area contributed by atoms with Gasteiger partial charge in [0.15, 0.2) is 5.11 Å². The van der Waals surface area contributed by atoms with Crippen molar-refractivity contribution in [1.82, 2.24) is 10.2 Å². The third-order valence-electron chi connectivity index (χ3n) is 3.83. The molecule has 1 saturated heterocycles. The van der Waals surface area contributed by atoms with Crippen LogP contribution in [-0.4, -0.2) is 54.7 Å². The van der Waals surface area contributed by atoms with Crippen molar-refractivity contribution < 1.29 is 18.2 Å². The Morgan fingerprint density at radius 3 is 2.54 bits per heavy atom. The molecule has 0 amide bonds. The summed E-state index contributed by atoms with van der Waals surface area (Å²) in [7, 11) is 0. The normalized spacial score (nSPS) is 15.5. The molecule has 2 heterocycles. The SMILES string of the molecule is CSCCCNC(=S)N1CCN(c2ccc(C(F)(F)F)c[nH+]2)CC1. The van der Waals surface area contributed by atoms with Gasteiger partial charge in [0.1, 0.15) is 19.3 Å². The third-order valence-corrected chi connectivity index (χ3v) is 4.93. The molecular formula is C15H22F3N4S2+. The van der Waals surface area contributed by atoms with Gasteiger partial charge >= 0.3 is 6.18 Å². The van der Waals surface area contributed by atoms with Crippen molar-refractivity contribution in [1.29, 1.82) is 0 Å². The fraction of sp³-hybridized carbons (Fsp3) is 0.600. The van der Waals surface area contributed by atoms with Gasteiger partial charge in [0, 0.05) is 12.6 Å². The van der Waals surface area contributed by atoms with Crippen LogP contribution in [-0.2, 0) is 6.18 Å². The summed E-state index contributed by atoms with van der Waals surface area (Å²) in [6.07, 6.45) is -0.154. The molecule has 134 valence electrons. The minimum Gasteiger partial charge on any atom is -0.363 e. The second-order valence-corrected chi connectivity index (χ2v) is 6.89. The highest BCUT2D eigenvalue weighted by Crippen LogP contribution is 2.28. The third kappa shape index (κ3) is 5.41. The van der Waals surface area contributed by atoms with E-state index >= 15 is 0 Å². The molecule has 1 aromatic rings. The highest BCUT2D eigenvalue weighted by Gasteiger charge is 2.32. The summed E-state index contributed by atoms with van der Waals surface area (Å²) in [5.74, 6) is 1.80. The Bertz CT molecular complexity index is 529. The number of hydrogen-bond donors (Lipinski definition) is 1. The number of H-pyrrole nitrogens is 1. The number of aromatic amines is 1. The molecule has 1 aliphatic rings. The molecule has 0 atom stereocenters. The molecule has 0 spiro atoms. The van der Waals surface area contributed by atoms with Gasteiger partial charge in [-0.2, -0.15) is 24.9 Å². The van der Waals surface area contributed by atoms with Gasteiger partial charge in [0.05, 0.1) is 18.7 Å². The van der Waals surface area contributed by atoms with Gasteiger partial charge in [-0.15, -0.1) is 0 Å². The van der Waals surface area contributed by atoms with Gasteiger partial charge in [0.2, 0.25) is 0 Å². The fourth-order valence-corrected chi connectivity index (χ4v) is 3.18. The topological polar surface area (TPSA) is 32.6 Å². The van der Waals surface area contributed by atoms with E-state index in [0.29, 0.717) is 18.9 Å². The molecule has 0 aliphatic carbocycles. The molecule has 0 saturated carbocycles. The lowest BCUT2D eigenvalue weighted by atomic mass is 10.2. The van der Waals surface area contributed by atoms with Crippen LogP contribution in [0.15, 0.2) is 18.3 Å². The maximum absolute atomic E-state index is 12.6. The predicted molar refractivity (Wildman–Crippen MR) is 95.4 cm³/mol. The van der Waals surface area contributed by atoms with Crippen LogP contribution in [0.4, 0.5) is 19.0 Å². The van der Waals surface area contributed by atoms with Crippen molar-refractivity contribution in [3.05, 3.63) is 23.9 Å². The van der Waals surface area contributed by atoms with Crippen molar-refractivity contribution in [3.8, 4) is 0 Å². The number of hydrogen-bond acceptors (Lipinski definition) is 3. The first-order chi connectivity index (χ1) is 11.4. The Morgan fingerprint density at radius 2 is 2.00 bits per heavy atom. The number of rotatable bonds is 5. The van der Waals surface area contributed by atoms with E-state index in [-0.39, 0.29) is 0 Å². The van der Waals surface area contributed by atoms with E-state index in [9.17, 15) is 13.2 Å². The average Bonchev–Trinajstić information content (AvgIpc) is 2.58. The lowest BCUT2D eigenvalue weighted by molar-refractivity contribution is -0.367. The van der Waals surface area contributed by atoms with Gasteiger partial charge in [-0.25, -0.2) is 4.98 Å². The van der Waals surface area contributed by atoms with Gasteiger partial charge in [-0.1, -0.05) is 0 Å². The number of thiocarbonyl (C=S) groups is 1. The summed E-state index contributed by atoms with van der Waals surface area (Å²) in [4.78, 5) is 6.88. The van der Waals surface area contributed by atoms with Crippen LogP contribution in [0, 0.1) is 0 Å². The molecule has 1 fully saturated rings. The van der Waals surface area contributed by atoms with Gasteiger partial charge in [0.25, 0.3) is 5.82 Å². The summed E-state index contributed by atoms with van der Waals surface area (Å²) >= 11 is 7.21. The molecule has 1 aliphatic heterocycles. The minimum atomic E-state index is -4.32. The highest BCUT2D eigenvalue weighted by atomic mass is 32.2. The first kappa shape index (κ1) is 19.1. The summed E-state index contributed by atoms with van der Waals surface area (Å²) in [5, 5.41) is 4.02. The van der Waals surface area contributed by atoms with E-state index < -0.39 is 11.7 Å². The molecule has 0 aromatic carbocycles. The highest BCUT2D eigenvalue weighted by molar-refractivity contribution is 7.98. The second kappa shape index (κ2) is 8.75. The number of nitrogens with zero attached hydrogens (tertiary/aromatic N) is 2. The predicted octanol–water partition coefficient (Wildman–Crippen LogP) is 2.27. The summed E-state index contributed by atoms with van der Waals surface area (Å²) < 4.78 is 37.8. The van der Waals surface area contributed by atoms with Crippen LogP contribution in [0.25, 0.3) is 0 Å². The van der Waals surface area contributed by atoms with E-state index in [1.807, 2.05) is 16.7 Å². The number of aromatic nitrogens is 1.